The molecule has 0 radical (unpaired) electrons. The fourth-order valence-electron chi connectivity index (χ4n) is 2.03. The molecular formula is C11H24N2S. The molecule has 0 aromatic heterocycles. The Kier molecular flexibility index (Phi) is 5.28. The molecule has 0 aromatic carbocycles. The summed E-state index contributed by atoms with van der Waals surface area (Å²) in [7, 11) is 2.26. The van der Waals surface area contributed by atoms with Gasteiger partial charge in [0.1, 0.15) is 0 Å². The summed E-state index contributed by atoms with van der Waals surface area (Å²) in [5.74, 6) is 2.94. The molecule has 0 aromatic rings. The molecule has 14 heavy (non-hydrogen) atoms. The molecule has 2 nitrogen and oxygen atoms in total. The Morgan fingerprint density at radius 3 is 2.71 bits per heavy atom. The average molecular weight is 216 g/mol. The maximum Gasteiger partial charge on any atom is 0.0155 e. The molecule has 3 heteroatoms. The Hall–Kier alpha value is 0.270. The fraction of sp³-hybridized carbons (Fsp3) is 1.00. The maximum atomic E-state index is 3.47. The van der Waals surface area contributed by atoms with E-state index in [1.54, 1.807) is 0 Å². The Balaban J connectivity index is 2.28. The predicted octanol–water partition coefficient (Wildman–Crippen LogP) is 1.53. The van der Waals surface area contributed by atoms with E-state index >= 15 is 0 Å². The number of hydrogen-bond acceptors (Lipinski definition) is 3. The molecule has 84 valence electrons. The number of thioether (sulfide) groups is 1. The lowest BCUT2D eigenvalue weighted by Crippen LogP contribution is -2.37. The second kappa shape index (κ2) is 5.99. The van der Waals surface area contributed by atoms with Crippen LogP contribution in [0.3, 0.4) is 0 Å². The number of rotatable bonds is 5. The van der Waals surface area contributed by atoms with Crippen LogP contribution in [0.15, 0.2) is 0 Å². The summed E-state index contributed by atoms with van der Waals surface area (Å²) < 4.78 is 0. The van der Waals surface area contributed by atoms with Gasteiger partial charge in [-0.25, -0.2) is 0 Å². The van der Waals surface area contributed by atoms with E-state index < -0.39 is 0 Å². The van der Waals surface area contributed by atoms with Gasteiger partial charge in [0.25, 0.3) is 0 Å². The minimum absolute atomic E-state index is 0.706. The van der Waals surface area contributed by atoms with Crippen LogP contribution in [0.4, 0.5) is 0 Å². The lowest BCUT2D eigenvalue weighted by Gasteiger charge is -2.28. The quantitative estimate of drug-likeness (QED) is 0.750. The van der Waals surface area contributed by atoms with Crippen molar-refractivity contribution in [2.45, 2.75) is 19.9 Å². The molecule has 1 saturated heterocycles. The van der Waals surface area contributed by atoms with Gasteiger partial charge in [0.05, 0.1) is 0 Å². The summed E-state index contributed by atoms with van der Waals surface area (Å²) in [5, 5.41) is 3.47. The van der Waals surface area contributed by atoms with Crippen molar-refractivity contribution in [3.63, 3.8) is 0 Å². The molecule has 1 N–H and O–H groups in total. The summed E-state index contributed by atoms with van der Waals surface area (Å²) in [6, 6.07) is 0.706. The summed E-state index contributed by atoms with van der Waals surface area (Å²) in [4.78, 5) is 2.50. The van der Waals surface area contributed by atoms with Crippen LogP contribution in [-0.4, -0.2) is 49.6 Å². The van der Waals surface area contributed by atoms with Crippen molar-refractivity contribution < 1.29 is 0 Å². The summed E-state index contributed by atoms with van der Waals surface area (Å²) in [6.07, 6.45) is 2.18. The molecule has 1 aliphatic heterocycles. The van der Waals surface area contributed by atoms with Crippen LogP contribution in [0.2, 0.25) is 0 Å². The number of hydrogen-bond donors (Lipinski definition) is 1. The highest BCUT2D eigenvalue weighted by Crippen LogP contribution is 2.18. The van der Waals surface area contributed by atoms with Gasteiger partial charge in [0.15, 0.2) is 0 Å². The van der Waals surface area contributed by atoms with Gasteiger partial charge in [-0.3, -0.25) is 0 Å². The molecule has 0 aliphatic carbocycles. The van der Waals surface area contributed by atoms with Crippen LogP contribution in [-0.2, 0) is 0 Å². The minimum atomic E-state index is 0.706. The molecule has 0 saturated carbocycles. The van der Waals surface area contributed by atoms with Gasteiger partial charge in [-0.15, -0.1) is 0 Å². The van der Waals surface area contributed by atoms with Crippen LogP contribution in [0.25, 0.3) is 0 Å². The molecule has 0 spiro atoms. The van der Waals surface area contributed by atoms with Gasteiger partial charge in [0.2, 0.25) is 0 Å². The van der Waals surface area contributed by atoms with Crippen LogP contribution < -0.4 is 5.32 Å². The second-order valence-electron chi connectivity index (χ2n) is 4.64. The molecule has 0 bridgehead atoms. The van der Waals surface area contributed by atoms with Crippen molar-refractivity contribution >= 4 is 11.8 Å². The van der Waals surface area contributed by atoms with Crippen LogP contribution in [0.5, 0.6) is 0 Å². The third-order valence-corrected chi connectivity index (χ3v) is 4.18. The first-order valence-electron chi connectivity index (χ1n) is 5.55. The van der Waals surface area contributed by atoms with Gasteiger partial charge >= 0.3 is 0 Å². The normalized spacial score (nSPS) is 29.8. The molecule has 1 heterocycles. The van der Waals surface area contributed by atoms with E-state index in [1.165, 1.54) is 25.4 Å². The molecule has 1 fully saturated rings. The number of nitrogens with one attached hydrogen (secondary N) is 1. The summed E-state index contributed by atoms with van der Waals surface area (Å²) in [6.45, 7) is 8.34. The standard InChI is InChI=1S/C11H24N2S/c1-9-5-12-6-11(9)7-13(3)10(2)8-14-4/h9-12H,5-8H2,1-4H3/t9-,10?,11+/m1/s1. The molecule has 0 amide bonds. The van der Waals surface area contributed by atoms with E-state index in [-0.39, 0.29) is 0 Å². The van der Waals surface area contributed by atoms with Crippen molar-refractivity contribution in [3.8, 4) is 0 Å². The Bertz CT molecular complexity index is 163. The fourth-order valence-corrected chi connectivity index (χ4v) is 2.76. The zero-order chi connectivity index (χ0) is 10.6. The molecule has 1 unspecified atom stereocenters. The first-order valence-corrected chi connectivity index (χ1v) is 6.94. The summed E-state index contributed by atoms with van der Waals surface area (Å²) >= 11 is 1.94. The largest absolute Gasteiger partial charge is 0.316 e. The predicted molar refractivity (Wildman–Crippen MR) is 66.0 cm³/mol. The van der Waals surface area contributed by atoms with Crippen molar-refractivity contribution in [1.29, 1.82) is 0 Å². The zero-order valence-electron chi connectivity index (χ0n) is 9.92. The van der Waals surface area contributed by atoms with E-state index in [2.05, 4.69) is 37.4 Å². The van der Waals surface area contributed by atoms with Gasteiger partial charge in [0, 0.05) is 18.3 Å². The van der Waals surface area contributed by atoms with Gasteiger partial charge in [-0.1, -0.05) is 6.92 Å². The summed E-state index contributed by atoms with van der Waals surface area (Å²) in [5.41, 5.74) is 0. The Morgan fingerprint density at radius 2 is 2.21 bits per heavy atom. The first kappa shape index (κ1) is 12.3. The van der Waals surface area contributed by atoms with Crippen LogP contribution in [0, 0.1) is 11.8 Å². The molecule has 1 rings (SSSR count). The SMILES string of the molecule is CSCC(C)N(C)C[C@@H]1CNC[C@H]1C. The van der Waals surface area contributed by atoms with E-state index in [0.29, 0.717) is 6.04 Å². The van der Waals surface area contributed by atoms with Gasteiger partial charge < -0.3 is 10.2 Å². The lowest BCUT2D eigenvalue weighted by atomic mass is 9.97. The monoisotopic (exact) mass is 216 g/mol. The minimum Gasteiger partial charge on any atom is -0.316 e. The van der Waals surface area contributed by atoms with Crippen molar-refractivity contribution in [2.24, 2.45) is 11.8 Å². The van der Waals surface area contributed by atoms with E-state index in [1.807, 2.05) is 11.8 Å². The Labute approximate surface area is 92.8 Å². The Morgan fingerprint density at radius 1 is 1.50 bits per heavy atom. The van der Waals surface area contributed by atoms with Crippen molar-refractivity contribution in [2.75, 3.05) is 38.7 Å². The topological polar surface area (TPSA) is 15.3 Å². The van der Waals surface area contributed by atoms with Crippen LogP contribution >= 0.6 is 11.8 Å². The number of nitrogens with zero attached hydrogens (tertiary/aromatic N) is 1. The van der Waals surface area contributed by atoms with E-state index in [0.717, 1.165) is 11.8 Å². The first-order chi connectivity index (χ1) is 6.65. The average Bonchev–Trinajstić information content (AvgIpc) is 2.52. The highest BCUT2D eigenvalue weighted by Gasteiger charge is 2.25. The third-order valence-electron chi connectivity index (χ3n) is 3.36. The highest BCUT2D eigenvalue weighted by atomic mass is 32.2. The smallest absolute Gasteiger partial charge is 0.0155 e. The van der Waals surface area contributed by atoms with Crippen LogP contribution in [0.1, 0.15) is 13.8 Å². The van der Waals surface area contributed by atoms with Crippen molar-refractivity contribution in [3.05, 3.63) is 0 Å². The highest BCUT2D eigenvalue weighted by molar-refractivity contribution is 7.98. The van der Waals surface area contributed by atoms with Gasteiger partial charge in [-0.2, -0.15) is 11.8 Å². The molecule has 3 atom stereocenters. The van der Waals surface area contributed by atoms with Gasteiger partial charge in [-0.05, 0) is 45.2 Å². The molecular weight excluding hydrogens is 192 g/mol. The lowest BCUT2D eigenvalue weighted by molar-refractivity contribution is 0.221. The third kappa shape index (κ3) is 3.44. The van der Waals surface area contributed by atoms with E-state index in [4.69, 9.17) is 0 Å². The zero-order valence-corrected chi connectivity index (χ0v) is 10.7. The van der Waals surface area contributed by atoms with E-state index in [9.17, 15) is 0 Å². The maximum absolute atomic E-state index is 3.47. The second-order valence-corrected chi connectivity index (χ2v) is 5.55. The molecule has 1 aliphatic rings. The van der Waals surface area contributed by atoms with Crippen molar-refractivity contribution in [1.82, 2.24) is 10.2 Å².